The van der Waals surface area contributed by atoms with E-state index in [0.717, 1.165) is 25.7 Å². The average Bonchev–Trinajstić information content (AvgIpc) is 2.95. The summed E-state index contributed by atoms with van der Waals surface area (Å²) < 4.78 is 16.3. The van der Waals surface area contributed by atoms with Crippen LogP contribution >= 0.6 is 11.6 Å². The van der Waals surface area contributed by atoms with Crippen molar-refractivity contribution in [3.05, 3.63) is 40.9 Å². The van der Waals surface area contributed by atoms with E-state index < -0.39 is 5.60 Å². The van der Waals surface area contributed by atoms with E-state index in [-0.39, 0.29) is 35.7 Å². The van der Waals surface area contributed by atoms with E-state index in [2.05, 4.69) is 13.8 Å². The minimum absolute atomic E-state index is 0.0441. The van der Waals surface area contributed by atoms with Crippen molar-refractivity contribution in [2.45, 2.75) is 83.0 Å². The Balaban J connectivity index is 1.72. The summed E-state index contributed by atoms with van der Waals surface area (Å²) in [5.41, 5.74) is -0.446. The predicted octanol–water partition coefficient (Wildman–Crippen LogP) is 5.87. The molecule has 9 heteroatoms. The molecule has 8 nitrogen and oxygen atoms in total. The topological polar surface area (TPSA) is 98.9 Å². The molecule has 36 heavy (non-hydrogen) atoms. The summed E-state index contributed by atoms with van der Waals surface area (Å²) in [4.78, 5) is 17.0. The predicted molar refractivity (Wildman–Crippen MR) is 143 cm³/mol. The Morgan fingerprint density at radius 1 is 1.19 bits per heavy atom. The number of likely N-dealkylation sites (N-methyl/N-ethyl adjacent to an activating group) is 1. The van der Waals surface area contributed by atoms with Gasteiger partial charge in [-0.15, -0.1) is 0 Å². The number of amides is 1. The molecule has 2 bridgehead atoms. The lowest BCUT2D eigenvalue weighted by atomic mass is 9.81. The third-order valence-electron chi connectivity index (χ3n) is 7.11. The van der Waals surface area contributed by atoms with Crippen LogP contribution in [0, 0.1) is 10.8 Å². The molecule has 2 heterocycles. The number of rotatable bonds is 7. The number of hydrogen-bond acceptors (Lipinski definition) is 6. The van der Waals surface area contributed by atoms with Crippen LogP contribution in [0.4, 0.5) is 4.79 Å². The maximum absolute atomic E-state index is 13.1. The van der Waals surface area contributed by atoms with E-state index in [4.69, 9.17) is 36.6 Å². The molecule has 1 amide bonds. The fourth-order valence-electron chi connectivity index (χ4n) is 5.44. The molecule has 2 N–H and O–H groups in total. The van der Waals surface area contributed by atoms with Crippen molar-refractivity contribution < 1.29 is 19.0 Å². The fraction of sp³-hybridized carbons (Fsp3) is 0.593. The molecule has 0 radical (unpaired) electrons. The number of halogens is 1. The summed E-state index contributed by atoms with van der Waals surface area (Å²) >= 11 is 6.09. The Labute approximate surface area is 219 Å². The van der Waals surface area contributed by atoms with Gasteiger partial charge in [-0.25, -0.2) is 4.79 Å². The highest BCUT2D eigenvalue weighted by atomic mass is 35.5. The van der Waals surface area contributed by atoms with Crippen LogP contribution in [0.25, 0.3) is 0 Å². The van der Waals surface area contributed by atoms with Gasteiger partial charge in [0.15, 0.2) is 6.79 Å². The molecule has 2 saturated heterocycles. The number of nitrogens with one attached hydrogen (secondary N) is 2. The first-order chi connectivity index (χ1) is 16.7. The first-order valence-corrected chi connectivity index (χ1v) is 12.6. The number of methoxy groups -OCH3 is 1. The third-order valence-corrected chi connectivity index (χ3v) is 7.35. The van der Waals surface area contributed by atoms with E-state index in [1.165, 1.54) is 7.11 Å². The Morgan fingerprint density at radius 3 is 2.36 bits per heavy atom. The van der Waals surface area contributed by atoms with Crippen LogP contribution in [-0.2, 0) is 9.47 Å². The van der Waals surface area contributed by atoms with Crippen LogP contribution in [0.5, 0.6) is 5.75 Å². The van der Waals surface area contributed by atoms with E-state index in [1.807, 2.05) is 37.6 Å². The molecule has 2 fully saturated rings. The van der Waals surface area contributed by atoms with E-state index in [1.54, 1.807) is 30.4 Å². The number of amidine groups is 1. The first-order valence-electron chi connectivity index (χ1n) is 12.2. The van der Waals surface area contributed by atoms with Crippen molar-refractivity contribution in [1.29, 1.82) is 10.8 Å². The van der Waals surface area contributed by atoms with Gasteiger partial charge in [0.1, 0.15) is 17.2 Å². The summed E-state index contributed by atoms with van der Waals surface area (Å²) in [7, 11) is 3.43. The SMILES string of the molecule is COCOc1cc(Cl)ccc1C(=N)/C=C\C(=N)N(C)C1C[C@]2(C)CC[C@](C)(C1)N2C(=O)OC(C)(C)C. The highest BCUT2D eigenvalue weighted by Crippen LogP contribution is 2.52. The number of nitrogens with zero attached hydrogens (tertiary/aromatic N) is 2. The van der Waals surface area contributed by atoms with Crippen molar-refractivity contribution in [1.82, 2.24) is 9.80 Å². The minimum atomic E-state index is -0.549. The monoisotopic (exact) mass is 518 g/mol. The summed E-state index contributed by atoms with van der Waals surface area (Å²) in [5, 5.41) is 17.7. The lowest BCUT2D eigenvalue weighted by Crippen LogP contribution is -2.63. The maximum Gasteiger partial charge on any atom is 0.411 e. The van der Waals surface area contributed by atoms with E-state index in [0.29, 0.717) is 22.2 Å². The zero-order chi connectivity index (χ0) is 26.9. The quantitative estimate of drug-likeness (QED) is 0.267. The third kappa shape index (κ3) is 6.03. The Hall–Kier alpha value is -2.58. The zero-order valence-corrected chi connectivity index (χ0v) is 23.2. The van der Waals surface area contributed by atoms with Gasteiger partial charge in [0.05, 0.1) is 5.71 Å². The van der Waals surface area contributed by atoms with E-state index in [9.17, 15) is 4.79 Å². The van der Waals surface area contributed by atoms with Gasteiger partial charge in [-0.1, -0.05) is 11.6 Å². The van der Waals surface area contributed by atoms with Crippen molar-refractivity contribution in [2.75, 3.05) is 21.0 Å². The lowest BCUT2D eigenvalue weighted by Gasteiger charge is -2.52. The molecule has 1 unspecified atom stereocenters. The van der Waals surface area contributed by atoms with Gasteiger partial charge in [0, 0.05) is 41.9 Å². The van der Waals surface area contributed by atoms with Gasteiger partial charge in [-0.05, 0) is 90.7 Å². The summed E-state index contributed by atoms with van der Waals surface area (Å²) in [6, 6.07) is 5.15. The van der Waals surface area contributed by atoms with E-state index >= 15 is 0 Å². The van der Waals surface area contributed by atoms with Gasteiger partial charge >= 0.3 is 6.09 Å². The molecule has 1 aromatic rings. The number of hydrogen-bond donors (Lipinski definition) is 2. The van der Waals surface area contributed by atoms with Gasteiger partial charge in [-0.2, -0.15) is 0 Å². The Bertz CT molecular complexity index is 1030. The first kappa shape index (κ1) is 28.0. The molecule has 0 spiro atoms. The molecule has 3 atom stereocenters. The molecular weight excluding hydrogens is 480 g/mol. The van der Waals surface area contributed by atoms with Crippen molar-refractivity contribution in [2.24, 2.45) is 0 Å². The van der Waals surface area contributed by atoms with Gasteiger partial charge in [-0.3, -0.25) is 10.3 Å². The summed E-state index contributed by atoms with van der Waals surface area (Å²) in [6.45, 7) is 9.96. The fourth-order valence-corrected chi connectivity index (χ4v) is 5.60. The number of allylic oxidation sites excluding steroid dienone is 1. The number of piperidine rings is 1. The van der Waals surface area contributed by atoms with Crippen LogP contribution in [0.2, 0.25) is 5.02 Å². The van der Waals surface area contributed by atoms with Crippen molar-refractivity contribution in [3.63, 3.8) is 0 Å². The van der Waals surface area contributed by atoms with Crippen LogP contribution in [0.1, 0.15) is 65.9 Å². The van der Waals surface area contributed by atoms with Gasteiger partial charge < -0.3 is 24.5 Å². The van der Waals surface area contributed by atoms with Crippen LogP contribution in [0.3, 0.4) is 0 Å². The second-order valence-corrected chi connectivity index (χ2v) is 11.7. The molecule has 3 rings (SSSR count). The highest BCUT2D eigenvalue weighted by molar-refractivity contribution is 6.31. The van der Waals surface area contributed by atoms with Crippen LogP contribution in [0.15, 0.2) is 30.4 Å². The normalized spacial score (nSPS) is 25.7. The number of fused-ring (bicyclic) bond motifs is 2. The second kappa shape index (κ2) is 10.4. The number of ether oxygens (including phenoxy) is 3. The molecule has 2 aliphatic heterocycles. The summed E-state index contributed by atoms with van der Waals surface area (Å²) in [5.74, 6) is 0.751. The largest absolute Gasteiger partial charge is 0.467 e. The van der Waals surface area contributed by atoms with Crippen molar-refractivity contribution in [3.8, 4) is 5.75 Å². The molecule has 1 aromatic carbocycles. The maximum atomic E-state index is 13.1. The average molecular weight is 519 g/mol. The Morgan fingerprint density at radius 2 is 1.81 bits per heavy atom. The Kier molecular flexibility index (Phi) is 8.10. The standard InChI is InChI=1S/C27H39ClN4O4/c1-25(2,3)36-24(33)32-26(4)12-13-27(32,5)16-19(15-26)31(6)23(30)11-10-21(29)20-9-8-18(28)14-22(20)35-17-34-7/h8-11,14,19,29-30H,12-13,15-17H2,1-7H3/b11-10-,29-21?,30-23?/t19?,26-,27+. The van der Waals surface area contributed by atoms with Gasteiger partial charge in [0.25, 0.3) is 0 Å². The molecule has 0 saturated carbocycles. The zero-order valence-electron chi connectivity index (χ0n) is 22.4. The van der Waals surface area contributed by atoms with Crippen molar-refractivity contribution >= 4 is 29.2 Å². The second-order valence-electron chi connectivity index (χ2n) is 11.3. The molecule has 2 aliphatic rings. The number of carbonyl (C=O) groups is 1. The molecule has 0 aliphatic carbocycles. The van der Waals surface area contributed by atoms with Crippen LogP contribution in [-0.4, -0.2) is 71.1 Å². The minimum Gasteiger partial charge on any atom is -0.467 e. The lowest BCUT2D eigenvalue weighted by molar-refractivity contribution is -0.0444. The summed E-state index contributed by atoms with van der Waals surface area (Å²) in [6.07, 6.45) is 6.27. The van der Waals surface area contributed by atoms with Crippen LogP contribution < -0.4 is 4.74 Å². The number of benzene rings is 1. The molecular formula is C27H39ClN4O4. The molecule has 198 valence electrons. The smallest absolute Gasteiger partial charge is 0.411 e. The van der Waals surface area contributed by atoms with Gasteiger partial charge in [0.2, 0.25) is 0 Å². The highest BCUT2D eigenvalue weighted by Gasteiger charge is 2.59. The number of carbonyl (C=O) groups excluding carboxylic acids is 1. The molecule has 0 aromatic heterocycles.